The first kappa shape index (κ1) is 22.9. The average molecular weight is 514 g/mol. The SMILES string of the molecule is CC(C)c1ccc2ccc3c(N(c4ccc5ccccc5n4)c4ccc5ccccc5n4)ccc4ccc1c2c43. The van der Waals surface area contributed by atoms with Gasteiger partial charge in [-0.25, -0.2) is 9.97 Å². The molecule has 0 fully saturated rings. The predicted molar refractivity (Wildman–Crippen MR) is 170 cm³/mol. The third-order valence-corrected chi connectivity index (χ3v) is 8.16. The molecule has 2 aromatic heterocycles. The summed E-state index contributed by atoms with van der Waals surface area (Å²) in [5.74, 6) is 2.14. The van der Waals surface area contributed by atoms with Gasteiger partial charge in [0.05, 0.1) is 16.7 Å². The number of aromatic nitrogens is 2. The van der Waals surface area contributed by atoms with Gasteiger partial charge in [-0.3, -0.25) is 4.90 Å². The number of pyridine rings is 2. The lowest BCUT2D eigenvalue weighted by Crippen LogP contribution is -2.13. The van der Waals surface area contributed by atoms with Crippen LogP contribution in [0.5, 0.6) is 0 Å². The van der Waals surface area contributed by atoms with Crippen molar-refractivity contribution in [2.45, 2.75) is 19.8 Å². The Labute approximate surface area is 232 Å². The zero-order chi connectivity index (χ0) is 26.8. The molecule has 0 amide bonds. The van der Waals surface area contributed by atoms with Gasteiger partial charge in [0.15, 0.2) is 0 Å². The van der Waals surface area contributed by atoms with E-state index < -0.39 is 0 Å². The molecule has 0 aliphatic rings. The Kier molecular flexibility index (Phi) is 5.02. The standard InChI is InChI=1S/C37H27N3/c1-23(2)28-17-11-26-13-19-30-33(20-14-27-12-18-29(28)36(26)37(27)30)40(34-21-15-24-7-3-5-9-31(24)38-34)35-22-16-25-8-4-6-10-32(25)39-35/h3-23H,1-2H3. The summed E-state index contributed by atoms with van der Waals surface area (Å²) in [7, 11) is 0. The number of para-hydroxylation sites is 2. The smallest absolute Gasteiger partial charge is 0.139 e. The van der Waals surface area contributed by atoms with E-state index in [-0.39, 0.29) is 0 Å². The van der Waals surface area contributed by atoms with Gasteiger partial charge in [0.25, 0.3) is 0 Å². The van der Waals surface area contributed by atoms with Crippen LogP contribution in [0.15, 0.2) is 121 Å². The molecule has 40 heavy (non-hydrogen) atoms. The van der Waals surface area contributed by atoms with Crippen LogP contribution < -0.4 is 4.90 Å². The minimum Gasteiger partial charge on any atom is -0.278 e. The van der Waals surface area contributed by atoms with Crippen LogP contribution in [0.1, 0.15) is 25.3 Å². The summed E-state index contributed by atoms with van der Waals surface area (Å²) in [4.78, 5) is 12.5. The van der Waals surface area contributed by atoms with Crippen molar-refractivity contribution in [3.8, 4) is 0 Å². The molecule has 3 nitrogen and oxygen atoms in total. The summed E-state index contributed by atoms with van der Waals surface area (Å²) in [5, 5.41) is 9.92. The molecule has 0 saturated carbocycles. The van der Waals surface area contributed by atoms with Crippen LogP contribution in [-0.2, 0) is 0 Å². The maximum atomic E-state index is 5.14. The second-order valence-corrected chi connectivity index (χ2v) is 10.9. The first-order valence-electron chi connectivity index (χ1n) is 13.9. The van der Waals surface area contributed by atoms with Crippen LogP contribution in [0.4, 0.5) is 17.3 Å². The Morgan fingerprint density at radius 3 is 1.60 bits per heavy atom. The zero-order valence-corrected chi connectivity index (χ0v) is 22.5. The second kappa shape index (κ2) is 8.75. The molecule has 3 heteroatoms. The van der Waals surface area contributed by atoms with E-state index in [0.29, 0.717) is 5.92 Å². The molecule has 0 aliphatic heterocycles. The number of hydrogen-bond acceptors (Lipinski definition) is 3. The van der Waals surface area contributed by atoms with Gasteiger partial charge in [0.2, 0.25) is 0 Å². The Hall–Kier alpha value is -5.02. The van der Waals surface area contributed by atoms with E-state index in [4.69, 9.17) is 9.97 Å². The molecule has 0 atom stereocenters. The Bertz CT molecular complexity index is 2130. The lowest BCUT2D eigenvalue weighted by atomic mass is 9.88. The fourth-order valence-corrected chi connectivity index (χ4v) is 6.23. The largest absolute Gasteiger partial charge is 0.278 e. The predicted octanol–water partition coefficient (Wildman–Crippen LogP) is 10.3. The lowest BCUT2D eigenvalue weighted by Gasteiger charge is -2.26. The van der Waals surface area contributed by atoms with Crippen LogP contribution >= 0.6 is 0 Å². The van der Waals surface area contributed by atoms with Gasteiger partial charge in [-0.05, 0) is 80.9 Å². The Balaban J connectivity index is 1.46. The normalized spacial score (nSPS) is 12.0. The van der Waals surface area contributed by atoms with Gasteiger partial charge in [-0.1, -0.05) is 92.7 Å². The molecule has 0 N–H and O–H groups in total. The van der Waals surface area contributed by atoms with Crippen molar-refractivity contribution in [1.82, 2.24) is 9.97 Å². The number of rotatable bonds is 4. The van der Waals surface area contributed by atoms with Crippen LogP contribution in [0.3, 0.4) is 0 Å². The third kappa shape index (κ3) is 3.44. The molecule has 0 saturated heterocycles. The van der Waals surface area contributed by atoms with Crippen molar-refractivity contribution in [3.63, 3.8) is 0 Å². The molecule has 0 unspecified atom stereocenters. The van der Waals surface area contributed by atoms with Crippen molar-refractivity contribution in [2.75, 3.05) is 4.90 Å². The van der Waals surface area contributed by atoms with Crippen molar-refractivity contribution in [1.29, 1.82) is 0 Å². The minimum absolute atomic E-state index is 0.448. The number of anilines is 3. The van der Waals surface area contributed by atoms with Crippen LogP contribution in [0.25, 0.3) is 54.1 Å². The lowest BCUT2D eigenvalue weighted by molar-refractivity contribution is 0.877. The van der Waals surface area contributed by atoms with Gasteiger partial charge >= 0.3 is 0 Å². The topological polar surface area (TPSA) is 29.0 Å². The highest BCUT2D eigenvalue weighted by atomic mass is 15.2. The third-order valence-electron chi connectivity index (χ3n) is 8.16. The highest BCUT2D eigenvalue weighted by molar-refractivity contribution is 6.26. The molecule has 0 bridgehead atoms. The van der Waals surface area contributed by atoms with Crippen molar-refractivity contribution < 1.29 is 0 Å². The summed E-state index contributed by atoms with van der Waals surface area (Å²) < 4.78 is 0. The van der Waals surface area contributed by atoms with Crippen LogP contribution in [0.2, 0.25) is 0 Å². The van der Waals surface area contributed by atoms with E-state index in [1.807, 2.05) is 12.1 Å². The van der Waals surface area contributed by atoms with Gasteiger partial charge in [0.1, 0.15) is 11.6 Å². The average Bonchev–Trinajstić information content (AvgIpc) is 3.00. The monoisotopic (exact) mass is 513 g/mol. The van der Waals surface area contributed by atoms with E-state index >= 15 is 0 Å². The molecule has 190 valence electrons. The van der Waals surface area contributed by atoms with Gasteiger partial charge in [-0.2, -0.15) is 0 Å². The van der Waals surface area contributed by atoms with Crippen molar-refractivity contribution in [2.24, 2.45) is 0 Å². The number of nitrogens with zero attached hydrogens (tertiary/aromatic N) is 3. The van der Waals surface area contributed by atoms with Gasteiger partial charge in [0, 0.05) is 16.2 Å². The zero-order valence-electron chi connectivity index (χ0n) is 22.5. The molecule has 8 aromatic rings. The number of hydrogen-bond donors (Lipinski definition) is 0. The summed E-state index contributed by atoms with van der Waals surface area (Å²) in [6, 6.07) is 43.2. The number of fused-ring (bicyclic) bond motifs is 2. The van der Waals surface area contributed by atoms with Gasteiger partial charge < -0.3 is 0 Å². The molecule has 8 rings (SSSR count). The van der Waals surface area contributed by atoms with E-state index in [2.05, 4.69) is 128 Å². The van der Waals surface area contributed by atoms with E-state index in [1.54, 1.807) is 0 Å². The molecule has 6 aromatic carbocycles. The van der Waals surface area contributed by atoms with Crippen LogP contribution in [-0.4, -0.2) is 9.97 Å². The summed E-state index contributed by atoms with van der Waals surface area (Å²) in [5.41, 5.74) is 4.38. The van der Waals surface area contributed by atoms with Crippen molar-refractivity contribution >= 4 is 71.4 Å². The first-order chi connectivity index (χ1) is 19.7. The highest BCUT2D eigenvalue weighted by Crippen LogP contribution is 2.44. The van der Waals surface area contributed by atoms with E-state index in [9.17, 15) is 0 Å². The molecule has 2 heterocycles. The number of benzene rings is 6. The summed E-state index contributed by atoms with van der Waals surface area (Å²) >= 11 is 0. The minimum atomic E-state index is 0.448. The molecule has 0 radical (unpaired) electrons. The fraction of sp³-hybridized carbons (Fsp3) is 0.0811. The molecule has 0 aliphatic carbocycles. The quantitative estimate of drug-likeness (QED) is 0.219. The summed E-state index contributed by atoms with van der Waals surface area (Å²) in [6.45, 7) is 4.55. The maximum absolute atomic E-state index is 5.14. The summed E-state index contributed by atoms with van der Waals surface area (Å²) in [6.07, 6.45) is 0. The molecular formula is C37H27N3. The van der Waals surface area contributed by atoms with Gasteiger partial charge in [-0.15, -0.1) is 0 Å². The van der Waals surface area contributed by atoms with E-state index in [0.717, 1.165) is 39.1 Å². The Morgan fingerprint density at radius 2 is 0.975 bits per heavy atom. The van der Waals surface area contributed by atoms with Crippen molar-refractivity contribution in [3.05, 3.63) is 127 Å². The maximum Gasteiger partial charge on any atom is 0.139 e. The second-order valence-electron chi connectivity index (χ2n) is 10.9. The van der Waals surface area contributed by atoms with E-state index in [1.165, 1.54) is 37.9 Å². The van der Waals surface area contributed by atoms with Crippen LogP contribution in [0, 0.1) is 0 Å². The highest BCUT2D eigenvalue weighted by Gasteiger charge is 2.21. The molecular weight excluding hydrogens is 486 g/mol. The Morgan fingerprint density at radius 1 is 0.475 bits per heavy atom. The fourth-order valence-electron chi connectivity index (χ4n) is 6.23. The molecule has 0 spiro atoms. The first-order valence-corrected chi connectivity index (χ1v) is 13.9.